The second kappa shape index (κ2) is 24.0. The predicted molar refractivity (Wildman–Crippen MR) is 199 cm³/mol. The zero-order valence-corrected chi connectivity index (χ0v) is 30.0. The minimum atomic E-state index is -0.739. The van der Waals surface area contributed by atoms with Gasteiger partial charge in [0.2, 0.25) is 0 Å². The lowest BCUT2D eigenvalue weighted by Gasteiger charge is -2.07. The molecule has 3 aromatic carbocycles. The van der Waals surface area contributed by atoms with Gasteiger partial charge in [0.15, 0.2) is 0 Å². The molecule has 0 aliphatic heterocycles. The van der Waals surface area contributed by atoms with Gasteiger partial charge in [0, 0.05) is 35.1 Å². The average Bonchev–Trinajstić information content (AvgIpc) is 3.17. The van der Waals surface area contributed by atoms with Crippen LogP contribution in [0, 0.1) is 30.6 Å². The van der Waals surface area contributed by atoms with Crippen LogP contribution in [0.15, 0.2) is 92.0 Å². The molecule has 0 fully saturated rings. The summed E-state index contributed by atoms with van der Waals surface area (Å²) >= 11 is 0. The van der Waals surface area contributed by atoms with Gasteiger partial charge >= 0.3 is 23.9 Å². The van der Waals surface area contributed by atoms with Crippen LogP contribution in [0.3, 0.4) is 0 Å². The summed E-state index contributed by atoms with van der Waals surface area (Å²) in [6.07, 6.45) is 9.42. The monoisotopic (exact) mass is 720 g/mol. The summed E-state index contributed by atoms with van der Waals surface area (Å²) in [5.74, 6) is 10.1. The number of hydrogen-bond donors (Lipinski definition) is 0. The van der Waals surface area contributed by atoms with Gasteiger partial charge in [-0.1, -0.05) is 25.0 Å². The van der Waals surface area contributed by atoms with Crippen LogP contribution in [0.5, 0.6) is 23.0 Å². The number of unbranched alkanes of at least 4 members (excludes halogenated alkanes) is 6. The highest BCUT2D eigenvalue weighted by Crippen LogP contribution is 2.24. The van der Waals surface area contributed by atoms with Gasteiger partial charge < -0.3 is 28.4 Å². The molecule has 53 heavy (non-hydrogen) atoms. The molecule has 0 saturated heterocycles. The van der Waals surface area contributed by atoms with Crippen molar-refractivity contribution in [2.24, 2.45) is 0 Å². The molecule has 0 spiro atoms. The molecule has 0 amide bonds. The summed E-state index contributed by atoms with van der Waals surface area (Å²) < 4.78 is 32.1. The highest BCUT2D eigenvalue weighted by Gasteiger charge is 2.09. The number of carbonyl (C=O) groups excluding carboxylic acids is 4. The van der Waals surface area contributed by atoms with Gasteiger partial charge in [-0.15, -0.1) is 0 Å². The summed E-state index contributed by atoms with van der Waals surface area (Å²) in [4.78, 5) is 46.7. The standard InChI is InChI=1S/C43H44O10/c1-4-40(44)50-30-12-8-6-10-28-48-36-20-14-34(15-21-36)18-26-42(46)52-38-24-25-39(33(3)32-38)53-43(47)27-19-35-16-22-37(23-17-35)49-29-11-7-9-13-31-51-41(45)5-2/h4-5,14-17,20-25,32H,1-2,6-13,28-31H2,3H3. The molecule has 0 radical (unpaired) electrons. The minimum absolute atomic E-state index is 0.253. The van der Waals surface area contributed by atoms with E-state index in [0.29, 0.717) is 54.6 Å². The topological polar surface area (TPSA) is 124 Å². The largest absolute Gasteiger partial charge is 0.494 e. The molecule has 0 saturated carbocycles. The second-order valence-electron chi connectivity index (χ2n) is 11.5. The van der Waals surface area contributed by atoms with Crippen molar-refractivity contribution in [3.8, 4) is 46.7 Å². The fourth-order valence-electron chi connectivity index (χ4n) is 4.53. The maximum atomic E-state index is 12.4. The van der Waals surface area contributed by atoms with Crippen molar-refractivity contribution in [3.63, 3.8) is 0 Å². The SMILES string of the molecule is C=CC(=O)OCCCCCCOc1ccc(C#CC(=O)Oc2ccc(OC(=O)C#Cc3ccc(OCCCCCCOC(=O)C=C)cc3)c(C)c2)cc1. The van der Waals surface area contributed by atoms with Gasteiger partial charge in [0.05, 0.1) is 26.4 Å². The van der Waals surface area contributed by atoms with Crippen molar-refractivity contribution in [1.29, 1.82) is 0 Å². The first-order valence-electron chi connectivity index (χ1n) is 17.4. The predicted octanol–water partition coefficient (Wildman–Crippen LogP) is 7.25. The summed E-state index contributed by atoms with van der Waals surface area (Å²) in [5.41, 5.74) is 1.82. The molecular weight excluding hydrogens is 676 g/mol. The first-order chi connectivity index (χ1) is 25.7. The fraction of sp³-hybridized carbons (Fsp3) is 0.302. The third-order valence-electron chi connectivity index (χ3n) is 7.32. The Morgan fingerprint density at radius 2 is 0.962 bits per heavy atom. The lowest BCUT2D eigenvalue weighted by molar-refractivity contribution is -0.138. The Hall–Kier alpha value is -6.26. The van der Waals surface area contributed by atoms with Crippen molar-refractivity contribution in [2.75, 3.05) is 26.4 Å². The molecule has 276 valence electrons. The maximum absolute atomic E-state index is 12.4. The highest BCUT2D eigenvalue weighted by molar-refractivity contribution is 5.92. The van der Waals surface area contributed by atoms with E-state index in [4.69, 9.17) is 28.4 Å². The highest BCUT2D eigenvalue weighted by atomic mass is 16.5. The molecule has 10 nitrogen and oxygen atoms in total. The number of aryl methyl sites for hydroxylation is 1. The normalized spacial score (nSPS) is 9.91. The fourth-order valence-corrected chi connectivity index (χ4v) is 4.53. The first-order valence-corrected chi connectivity index (χ1v) is 17.4. The molecule has 0 N–H and O–H groups in total. The summed E-state index contributed by atoms with van der Waals surface area (Å²) in [6.45, 7) is 10.3. The third kappa shape index (κ3) is 17.5. The Morgan fingerprint density at radius 3 is 1.40 bits per heavy atom. The molecule has 3 rings (SSSR count). The van der Waals surface area contributed by atoms with Crippen molar-refractivity contribution >= 4 is 23.9 Å². The molecule has 0 aliphatic carbocycles. The van der Waals surface area contributed by atoms with Crippen LogP contribution in [0.4, 0.5) is 0 Å². The number of esters is 4. The summed E-state index contributed by atoms with van der Waals surface area (Å²) in [5, 5.41) is 0. The lowest BCUT2D eigenvalue weighted by Crippen LogP contribution is -2.07. The Morgan fingerprint density at radius 1 is 0.547 bits per heavy atom. The lowest BCUT2D eigenvalue weighted by atomic mass is 10.2. The van der Waals surface area contributed by atoms with Gasteiger partial charge in [-0.05, 0) is 131 Å². The Bertz CT molecular complexity index is 1800. The summed E-state index contributed by atoms with van der Waals surface area (Å²) in [6, 6.07) is 18.8. The zero-order valence-electron chi connectivity index (χ0n) is 30.0. The zero-order chi connectivity index (χ0) is 38.1. The molecule has 0 bridgehead atoms. The Kier molecular flexibility index (Phi) is 18.7. The first kappa shape index (κ1) is 41.2. The molecule has 0 aromatic heterocycles. The number of hydrogen-bond acceptors (Lipinski definition) is 10. The third-order valence-corrected chi connectivity index (χ3v) is 7.32. The van der Waals surface area contributed by atoms with Crippen LogP contribution in [0.1, 0.15) is 68.1 Å². The Balaban J connectivity index is 1.34. The molecular formula is C43H44O10. The molecule has 3 aromatic rings. The van der Waals surface area contributed by atoms with E-state index in [1.54, 1.807) is 61.5 Å². The van der Waals surface area contributed by atoms with E-state index in [1.807, 2.05) is 0 Å². The van der Waals surface area contributed by atoms with E-state index in [-0.39, 0.29) is 11.5 Å². The second-order valence-corrected chi connectivity index (χ2v) is 11.5. The minimum Gasteiger partial charge on any atom is -0.494 e. The van der Waals surface area contributed by atoms with E-state index in [2.05, 4.69) is 36.8 Å². The van der Waals surface area contributed by atoms with Gasteiger partial charge in [-0.3, -0.25) is 0 Å². The molecule has 0 atom stereocenters. The maximum Gasteiger partial charge on any atom is 0.390 e. The van der Waals surface area contributed by atoms with Crippen molar-refractivity contribution in [2.45, 2.75) is 58.3 Å². The smallest absolute Gasteiger partial charge is 0.390 e. The van der Waals surface area contributed by atoms with Crippen molar-refractivity contribution in [1.82, 2.24) is 0 Å². The number of carbonyl (C=O) groups is 4. The van der Waals surface area contributed by atoms with E-state index < -0.39 is 23.9 Å². The van der Waals surface area contributed by atoms with E-state index in [1.165, 1.54) is 12.1 Å². The number of benzene rings is 3. The van der Waals surface area contributed by atoms with Crippen LogP contribution >= 0.6 is 0 Å². The van der Waals surface area contributed by atoms with Crippen LogP contribution in [-0.2, 0) is 28.7 Å². The van der Waals surface area contributed by atoms with Gasteiger partial charge in [-0.2, -0.15) is 0 Å². The Labute approximate surface area is 311 Å². The molecule has 10 heteroatoms. The number of ether oxygens (including phenoxy) is 6. The van der Waals surface area contributed by atoms with Gasteiger partial charge in [-0.25, -0.2) is 19.2 Å². The molecule has 0 unspecified atom stereocenters. The van der Waals surface area contributed by atoms with E-state index >= 15 is 0 Å². The average molecular weight is 721 g/mol. The van der Waals surface area contributed by atoms with Gasteiger partial charge in [0.25, 0.3) is 0 Å². The van der Waals surface area contributed by atoms with Crippen LogP contribution < -0.4 is 18.9 Å². The molecule has 0 heterocycles. The van der Waals surface area contributed by atoms with Crippen LogP contribution in [0.2, 0.25) is 0 Å². The van der Waals surface area contributed by atoms with E-state index in [0.717, 1.165) is 63.5 Å². The van der Waals surface area contributed by atoms with Crippen molar-refractivity contribution in [3.05, 3.63) is 109 Å². The molecule has 0 aliphatic rings. The van der Waals surface area contributed by atoms with Crippen LogP contribution in [0.25, 0.3) is 0 Å². The van der Waals surface area contributed by atoms with Crippen LogP contribution in [-0.4, -0.2) is 50.3 Å². The number of rotatable bonds is 20. The van der Waals surface area contributed by atoms with Crippen molar-refractivity contribution < 1.29 is 47.6 Å². The quantitative estimate of drug-likeness (QED) is 0.0388. The summed E-state index contributed by atoms with van der Waals surface area (Å²) in [7, 11) is 0. The van der Waals surface area contributed by atoms with E-state index in [9.17, 15) is 19.2 Å². The van der Waals surface area contributed by atoms with Gasteiger partial charge in [0.1, 0.15) is 23.0 Å².